The second kappa shape index (κ2) is 6.73. The van der Waals surface area contributed by atoms with E-state index in [0.717, 1.165) is 5.56 Å². The van der Waals surface area contributed by atoms with Crippen LogP contribution in [0.15, 0.2) is 23.2 Å². The highest BCUT2D eigenvalue weighted by Gasteiger charge is 2.00. The maximum absolute atomic E-state index is 5.91. The molecule has 0 aromatic heterocycles. The SMILES string of the molecule is COc1ccc(CN=C(N)N)cc1Cl.I. The van der Waals surface area contributed by atoms with Crippen LogP contribution in [-0.4, -0.2) is 13.1 Å². The summed E-state index contributed by atoms with van der Waals surface area (Å²) < 4.78 is 5.01. The molecule has 0 fully saturated rings. The Hall–Kier alpha value is -0.690. The minimum atomic E-state index is 0. The molecule has 0 amide bonds. The zero-order valence-electron chi connectivity index (χ0n) is 8.24. The first-order valence-corrected chi connectivity index (χ1v) is 4.39. The largest absolute Gasteiger partial charge is 0.495 e. The van der Waals surface area contributed by atoms with Crippen molar-refractivity contribution in [1.29, 1.82) is 0 Å². The molecule has 1 aromatic carbocycles. The molecule has 0 saturated heterocycles. The van der Waals surface area contributed by atoms with E-state index in [2.05, 4.69) is 4.99 Å². The van der Waals surface area contributed by atoms with Crippen LogP contribution in [0.1, 0.15) is 5.56 Å². The summed E-state index contributed by atoms with van der Waals surface area (Å²) in [5.74, 6) is 0.706. The molecule has 1 aromatic rings. The third-order valence-corrected chi connectivity index (χ3v) is 1.96. The molecule has 0 aliphatic rings. The quantitative estimate of drug-likeness (QED) is 0.500. The lowest BCUT2D eigenvalue weighted by molar-refractivity contribution is 0.415. The Labute approximate surface area is 111 Å². The van der Waals surface area contributed by atoms with E-state index >= 15 is 0 Å². The molecule has 0 atom stereocenters. The number of guanidine groups is 1. The molecule has 0 unspecified atom stereocenters. The van der Waals surface area contributed by atoms with Crippen LogP contribution < -0.4 is 16.2 Å². The molecule has 4 nitrogen and oxygen atoms in total. The molecular formula is C9H13ClIN3O. The van der Waals surface area contributed by atoms with Gasteiger partial charge in [-0.3, -0.25) is 0 Å². The van der Waals surface area contributed by atoms with Crippen LogP contribution in [0.3, 0.4) is 0 Å². The van der Waals surface area contributed by atoms with Gasteiger partial charge in [0.25, 0.3) is 0 Å². The van der Waals surface area contributed by atoms with Crippen LogP contribution in [0.5, 0.6) is 5.75 Å². The van der Waals surface area contributed by atoms with Crippen molar-refractivity contribution in [3.05, 3.63) is 28.8 Å². The van der Waals surface area contributed by atoms with E-state index in [0.29, 0.717) is 17.3 Å². The molecule has 0 bridgehead atoms. The van der Waals surface area contributed by atoms with Crippen molar-refractivity contribution in [2.45, 2.75) is 6.54 Å². The van der Waals surface area contributed by atoms with Gasteiger partial charge in [0, 0.05) is 0 Å². The Morgan fingerprint density at radius 1 is 1.47 bits per heavy atom. The summed E-state index contributed by atoms with van der Waals surface area (Å²) >= 11 is 5.91. The smallest absolute Gasteiger partial charge is 0.186 e. The van der Waals surface area contributed by atoms with Gasteiger partial charge in [0.15, 0.2) is 5.96 Å². The van der Waals surface area contributed by atoms with E-state index < -0.39 is 0 Å². The first-order chi connectivity index (χ1) is 6.63. The number of hydrogen-bond donors (Lipinski definition) is 2. The van der Waals surface area contributed by atoms with Crippen molar-refractivity contribution in [2.75, 3.05) is 7.11 Å². The van der Waals surface area contributed by atoms with Gasteiger partial charge in [-0.05, 0) is 17.7 Å². The number of rotatable bonds is 3. The Balaban J connectivity index is 0.00000196. The topological polar surface area (TPSA) is 73.6 Å². The predicted octanol–water partition coefficient (Wildman–Crippen LogP) is 1.74. The van der Waals surface area contributed by atoms with Gasteiger partial charge < -0.3 is 16.2 Å². The summed E-state index contributed by atoms with van der Waals surface area (Å²) in [5.41, 5.74) is 11.3. The minimum absolute atomic E-state index is 0. The van der Waals surface area contributed by atoms with E-state index in [1.165, 1.54) is 0 Å². The molecule has 0 heterocycles. The number of halogens is 2. The van der Waals surface area contributed by atoms with Gasteiger partial charge in [-0.25, -0.2) is 4.99 Å². The van der Waals surface area contributed by atoms with Gasteiger partial charge in [0.05, 0.1) is 18.7 Å². The number of nitrogens with zero attached hydrogens (tertiary/aromatic N) is 1. The van der Waals surface area contributed by atoms with E-state index in [1.807, 2.05) is 6.07 Å². The van der Waals surface area contributed by atoms with E-state index in [-0.39, 0.29) is 29.9 Å². The molecule has 0 spiro atoms. The molecule has 84 valence electrons. The normalized spacial score (nSPS) is 8.93. The fourth-order valence-corrected chi connectivity index (χ4v) is 1.27. The molecule has 4 N–H and O–H groups in total. The highest BCUT2D eigenvalue weighted by atomic mass is 127. The average Bonchev–Trinajstić information content (AvgIpc) is 2.15. The van der Waals surface area contributed by atoms with Gasteiger partial charge in [0.1, 0.15) is 5.75 Å². The molecule has 0 radical (unpaired) electrons. The Morgan fingerprint density at radius 3 is 2.60 bits per heavy atom. The van der Waals surface area contributed by atoms with E-state index in [4.69, 9.17) is 27.8 Å². The summed E-state index contributed by atoms with van der Waals surface area (Å²) in [4.78, 5) is 3.86. The van der Waals surface area contributed by atoms with Crippen molar-refractivity contribution in [2.24, 2.45) is 16.5 Å². The van der Waals surface area contributed by atoms with Gasteiger partial charge in [-0.1, -0.05) is 17.7 Å². The fraction of sp³-hybridized carbons (Fsp3) is 0.222. The predicted molar refractivity (Wildman–Crippen MR) is 72.9 cm³/mol. The number of methoxy groups -OCH3 is 1. The van der Waals surface area contributed by atoms with E-state index in [9.17, 15) is 0 Å². The van der Waals surface area contributed by atoms with Gasteiger partial charge in [0.2, 0.25) is 0 Å². The monoisotopic (exact) mass is 341 g/mol. The van der Waals surface area contributed by atoms with Crippen LogP contribution in [0, 0.1) is 0 Å². The summed E-state index contributed by atoms with van der Waals surface area (Å²) in [6.45, 7) is 0.423. The number of aliphatic imine (C=N–C) groups is 1. The highest BCUT2D eigenvalue weighted by molar-refractivity contribution is 14.0. The lowest BCUT2D eigenvalue weighted by Gasteiger charge is -2.04. The van der Waals surface area contributed by atoms with Gasteiger partial charge in [-0.15, -0.1) is 24.0 Å². The Bertz CT molecular complexity index is 353. The molecule has 1 rings (SSSR count). The van der Waals surface area contributed by atoms with Crippen LogP contribution in [0.2, 0.25) is 5.02 Å². The van der Waals surface area contributed by atoms with Crippen molar-refractivity contribution in [1.82, 2.24) is 0 Å². The summed E-state index contributed by atoms with van der Waals surface area (Å²) in [5, 5.41) is 0.552. The number of hydrogen-bond acceptors (Lipinski definition) is 2. The summed E-state index contributed by atoms with van der Waals surface area (Å²) in [6, 6.07) is 5.41. The number of ether oxygens (including phenoxy) is 1. The standard InChI is InChI=1S/C9H12ClN3O.HI/c1-14-8-3-2-6(4-7(8)10)5-13-9(11)12;/h2-4H,5H2,1H3,(H4,11,12,13);1H. The Kier molecular flexibility index (Phi) is 6.42. The second-order valence-electron chi connectivity index (χ2n) is 2.71. The lowest BCUT2D eigenvalue weighted by atomic mass is 10.2. The highest BCUT2D eigenvalue weighted by Crippen LogP contribution is 2.24. The van der Waals surface area contributed by atoms with Crippen LogP contribution in [0.4, 0.5) is 0 Å². The lowest BCUT2D eigenvalue weighted by Crippen LogP contribution is -2.22. The van der Waals surface area contributed by atoms with Crippen LogP contribution in [-0.2, 0) is 6.54 Å². The van der Waals surface area contributed by atoms with Gasteiger partial charge >= 0.3 is 0 Å². The summed E-state index contributed by atoms with van der Waals surface area (Å²) in [6.07, 6.45) is 0. The minimum Gasteiger partial charge on any atom is -0.495 e. The summed E-state index contributed by atoms with van der Waals surface area (Å²) in [7, 11) is 1.57. The van der Waals surface area contributed by atoms with Crippen molar-refractivity contribution >= 4 is 41.5 Å². The zero-order chi connectivity index (χ0) is 10.6. The maximum Gasteiger partial charge on any atom is 0.186 e. The average molecular weight is 342 g/mol. The van der Waals surface area contributed by atoms with Crippen LogP contribution >= 0.6 is 35.6 Å². The number of nitrogens with two attached hydrogens (primary N) is 2. The van der Waals surface area contributed by atoms with Gasteiger partial charge in [-0.2, -0.15) is 0 Å². The third-order valence-electron chi connectivity index (χ3n) is 1.66. The Morgan fingerprint density at radius 2 is 2.13 bits per heavy atom. The van der Waals surface area contributed by atoms with Crippen molar-refractivity contribution in [3.63, 3.8) is 0 Å². The molecule has 0 saturated carbocycles. The molecule has 0 aliphatic heterocycles. The third kappa shape index (κ3) is 4.57. The molecule has 6 heteroatoms. The molecule has 15 heavy (non-hydrogen) atoms. The van der Waals surface area contributed by atoms with E-state index in [1.54, 1.807) is 19.2 Å². The fourth-order valence-electron chi connectivity index (χ4n) is 0.991. The molecular weight excluding hydrogens is 328 g/mol. The first-order valence-electron chi connectivity index (χ1n) is 4.01. The van der Waals surface area contributed by atoms with Crippen molar-refractivity contribution < 1.29 is 4.74 Å². The molecule has 0 aliphatic carbocycles. The first kappa shape index (κ1) is 14.3. The zero-order valence-corrected chi connectivity index (χ0v) is 11.3. The van der Waals surface area contributed by atoms with Crippen molar-refractivity contribution in [3.8, 4) is 5.75 Å². The second-order valence-corrected chi connectivity index (χ2v) is 3.12. The van der Waals surface area contributed by atoms with Crippen LogP contribution in [0.25, 0.3) is 0 Å². The number of benzene rings is 1. The maximum atomic E-state index is 5.91.